The van der Waals surface area contributed by atoms with Gasteiger partial charge in [0.25, 0.3) is 5.91 Å². The molecule has 1 aliphatic rings. The van der Waals surface area contributed by atoms with Crippen molar-refractivity contribution in [1.82, 2.24) is 5.32 Å². The smallest absolute Gasteiger partial charge is 0.251 e. The predicted molar refractivity (Wildman–Crippen MR) is 119 cm³/mol. The minimum Gasteiger partial charge on any atom is -0.372 e. The van der Waals surface area contributed by atoms with Crippen LogP contribution in [0.5, 0.6) is 0 Å². The van der Waals surface area contributed by atoms with Crippen molar-refractivity contribution in [2.24, 2.45) is 5.92 Å². The molecule has 0 radical (unpaired) electrons. The van der Waals surface area contributed by atoms with Gasteiger partial charge < -0.3 is 15.5 Å². The number of nitrogens with zero attached hydrogens (tertiary/aromatic N) is 1. The van der Waals surface area contributed by atoms with Gasteiger partial charge in [-0.3, -0.25) is 9.59 Å². The first-order valence-electron chi connectivity index (χ1n) is 10.2. The van der Waals surface area contributed by atoms with Crippen LogP contribution in [0.4, 0.5) is 11.4 Å². The number of hydrogen-bond donors (Lipinski definition) is 2. The molecule has 1 heterocycles. The molecule has 1 fully saturated rings. The van der Waals surface area contributed by atoms with Gasteiger partial charge in [-0.25, -0.2) is 0 Å². The first-order chi connectivity index (χ1) is 14.0. The molecule has 1 aliphatic heterocycles. The van der Waals surface area contributed by atoms with Crippen LogP contribution in [-0.2, 0) is 4.79 Å². The van der Waals surface area contributed by atoms with Gasteiger partial charge in [-0.1, -0.05) is 18.5 Å². The van der Waals surface area contributed by atoms with Crippen molar-refractivity contribution in [3.05, 3.63) is 59.1 Å². The van der Waals surface area contributed by atoms with Crippen LogP contribution in [0.2, 0.25) is 5.02 Å². The van der Waals surface area contributed by atoms with E-state index in [4.69, 9.17) is 11.6 Å². The van der Waals surface area contributed by atoms with E-state index in [1.165, 1.54) is 18.5 Å². The molecule has 1 saturated heterocycles. The molecule has 2 aromatic rings. The Morgan fingerprint density at radius 2 is 1.69 bits per heavy atom. The third-order valence-electron chi connectivity index (χ3n) is 5.27. The van der Waals surface area contributed by atoms with Gasteiger partial charge in [-0.2, -0.15) is 0 Å². The van der Waals surface area contributed by atoms with Crippen LogP contribution in [0.1, 0.15) is 43.0 Å². The predicted octanol–water partition coefficient (Wildman–Crippen LogP) is 4.73. The van der Waals surface area contributed by atoms with Crippen molar-refractivity contribution in [1.29, 1.82) is 0 Å². The summed E-state index contributed by atoms with van der Waals surface area (Å²) in [4.78, 5) is 26.5. The second-order valence-electron chi connectivity index (χ2n) is 7.63. The standard InChI is InChI=1S/C23H28ClN3O2/c1-17-12-15-27(16-13-17)21-10-8-20(9-11-21)26-22(28)3-2-14-25-23(29)18-4-6-19(24)7-5-18/h4-11,17H,2-3,12-16H2,1H3,(H,25,29)(H,26,28). The van der Waals surface area contributed by atoms with E-state index in [1.54, 1.807) is 24.3 Å². The number of anilines is 2. The maximum Gasteiger partial charge on any atom is 0.251 e. The van der Waals surface area contributed by atoms with Gasteiger partial charge in [-0.15, -0.1) is 0 Å². The summed E-state index contributed by atoms with van der Waals surface area (Å²) in [5, 5.41) is 6.33. The van der Waals surface area contributed by atoms with Gasteiger partial charge >= 0.3 is 0 Å². The Morgan fingerprint density at radius 1 is 1.03 bits per heavy atom. The monoisotopic (exact) mass is 413 g/mol. The van der Waals surface area contributed by atoms with E-state index in [9.17, 15) is 9.59 Å². The zero-order valence-electron chi connectivity index (χ0n) is 16.8. The van der Waals surface area contributed by atoms with Crippen LogP contribution in [-0.4, -0.2) is 31.4 Å². The van der Waals surface area contributed by atoms with Gasteiger partial charge in [0.15, 0.2) is 0 Å². The summed E-state index contributed by atoms with van der Waals surface area (Å²) >= 11 is 5.82. The van der Waals surface area contributed by atoms with Crippen molar-refractivity contribution in [3.8, 4) is 0 Å². The lowest BCUT2D eigenvalue weighted by Crippen LogP contribution is -2.32. The summed E-state index contributed by atoms with van der Waals surface area (Å²) in [6.45, 7) is 4.93. The fourth-order valence-electron chi connectivity index (χ4n) is 3.40. The lowest BCUT2D eigenvalue weighted by molar-refractivity contribution is -0.116. The Kier molecular flexibility index (Phi) is 7.53. The summed E-state index contributed by atoms with van der Waals surface area (Å²) in [6, 6.07) is 14.8. The van der Waals surface area contributed by atoms with Gasteiger partial charge in [0.2, 0.25) is 5.91 Å². The van der Waals surface area contributed by atoms with Crippen molar-refractivity contribution in [2.75, 3.05) is 29.9 Å². The van der Waals surface area contributed by atoms with E-state index < -0.39 is 0 Å². The fraction of sp³-hybridized carbons (Fsp3) is 0.391. The average Bonchev–Trinajstić information content (AvgIpc) is 2.73. The Labute approximate surface area is 177 Å². The maximum absolute atomic E-state index is 12.1. The number of amides is 2. The van der Waals surface area contributed by atoms with E-state index in [-0.39, 0.29) is 11.8 Å². The normalized spacial score (nSPS) is 14.5. The quantitative estimate of drug-likeness (QED) is 0.645. The second-order valence-corrected chi connectivity index (χ2v) is 8.07. The van der Waals surface area contributed by atoms with Crippen LogP contribution < -0.4 is 15.5 Å². The van der Waals surface area contributed by atoms with E-state index in [1.807, 2.05) is 12.1 Å². The molecule has 2 amide bonds. The lowest BCUT2D eigenvalue weighted by Gasteiger charge is -2.32. The SMILES string of the molecule is CC1CCN(c2ccc(NC(=O)CCCNC(=O)c3ccc(Cl)cc3)cc2)CC1. The van der Waals surface area contributed by atoms with Crippen LogP contribution in [0.25, 0.3) is 0 Å². The molecule has 0 spiro atoms. The van der Waals surface area contributed by atoms with Crippen LogP contribution in [0.3, 0.4) is 0 Å². The van der Waals surface area contributed by atoms with Gasteiger partial charge in [0.05, 0.1) is 0 Å². The molecule has 0 bridgehead atoms. The largest absolute Gasteiger partial charge is 0.372 e. The Bertz CT molecular complexity index is 813. The molecule has 29 heavy (non-hydrogen) atoms. The average molecular weight is 414 g/mol. The van der Waals surface area contributed by atoms with Crippen LogP contribution >= 0.6 is 11.6 Å². The van der Waals surface area contributed by atoms with Crippen LogP contribution in [0, 0.1) is 5.92 Å². The number of halogens is 1. The Balaban J connectivity index is 1.37. The molecule has 5 nitrogen and oxygen atoms in total. The van der Waals surface area contributed by atoms with E-state index >= 15 is 0 Å². The molecule has 0 saturated carbocycles. The zero-order chi connectivity index (χ0) is 20.6. The van der Waals surface area contributed by atoms with Gasteiger partial charge in [0, 0.05) is 48.0 Å². The minimum absolute atomic E-state index is 0.0507. The lowest BCUT2D eigenvalue weighted by atomic mass is 9.99. The van der Waals surface area contributed by atoms with Crippen molar-refractivity contribution in [2.45, 2.75) is 32.6 Å². The molecule has 0 aliphatic carbocycles. The van der Waals surface area contributed by atoms with Gasteiger partial charge in [-0.05, 0) is 73.7 Å². The Hall–Kier alpha value is -2.53. The first-order valence-corrected chi connectivity index (χ1v) is 10.6. The number of rotatable bonds is 7. The molecular weight excluding hydrogens is 386 g/mol. The summed E-state index contributed by atoms with van der Waals surface area (Å²) in [5.41, 5.74) is 2.57. The highest BCUT2D eigenvalue weighted by atomic mass is 35.5. The second kappa shape index (κ2) is 10.3. The minimum atomic E-state index is -0.162. The summed E-state index contributed by atoms with van der Waals surface area (Å²) in [5.74, 6) is 0.593. The number of piperidine rings is 1. The van der Waals surface area contributed by atoms with E-state index in [0.29, 0.717) is 30.0 Å². The molecule has 2 N–H and O–H groups in total. The molecule has 3 rings (SSSR count). The molecule has 0 unspecified atom stereocenters. The van der Waals surface area contributed by atoms with E-state index in [2.05, 4.69) is 34.6 Å². The third kappa shape index (κ3) is 6.50. The molecule has 2 aromatic carbocycles. The number of benzene rings is 2. The molecule has 0 atom stereocenters. The highest BCUT2D eigenvalue weighted by molar-refractivity contribution is 6.30. The summed E-state index contributed by atoms with van der Waals surface area (Å²) in [6.07, 6.45) is 3.39. The molecular formula is C23H28ClN3O2. The third-order valence-corrected chi connectivity index (χ3v) is 5.52. The van der Waals surface area contributed by atoms with Crippen molar-refractivity contribution in [3.63, 3.8) is 0 Å². The molecule has 0 aromatic heterocycles. The topological polar surface area (TPSA) is 61.4 Å². The number of hydrogen-bond acceptors (Lipinski definition) is 3. The Morgan fingerprint density at radius 3 is 2.34 bits per heavy atom. The highest BCUT2D eigenvalue weighted by Crippen LogP contribution is 2.24. The summed E-state index contributed by atoms with van der Waals surface area (Å²) in [7, 11) is 0. The van der Waals surface area contributed by atoms with Crippen molar-refractivity contribution >= 4 is 34.8 Å². The van der Waals surface area contributed by atoms with E-state index in [0.717, 1.165) is 24.7 Å². The summed E-state index contributed by atoms with van der Waals surface area (Å²) < 4.78 is 0. The maximum atomic E-state index is 12.1. The first kappa shape index (κ1) is 21.2. The highest BCUT2D eigenvalue weighted by Gasteiger charge is 2.16. The number of nitrogens with one attached hydrogen (secondary N) is 2. The van der Waals surface area contributed by atoms with Gasteiger partial charge in [0.1, 0.15) is 0 Å². The number of carbonyl (C=O) groups is 2. The zero-order valence-corrected chi connectivity index (χ0v) is 17.5. The molecule has 6 heteroatoms. The van der Waals surface area contributed by atoms with Crippen molar-refractivity contribution < 1.29 is 9.59 Å². The number of carbonyl (C=O) groups excluding carboxylic acids is 2. The van der Waals surface area contributed by atoms with Crippen LogP contribution in [0.15, 0.2) is 48.5 Å². The fourth-order valence-corrected chi connectivity index (χ4v) is 3.53. The molecule has 154 valence electrons.